The molecule has 2 aliphatic rings. The lowest BCUT2D eigenvalue weighted by molar-refractivity contribution is -0.137. The van der Waals surface area contributed by atoms with E-state index in [-0.39, 0.29) is 5.56 Å². The first-order valence-corrected chi connectivity index (χ1v) is 14.6. The fourth-order valence-corrected chi connectivity index (χ4v) is 5.41. The highest BCUT2D eigenvalue weighted by molar-refractivity contribution is 8.45. The summed E-state index contributed by atoms with van der Waals surface area (Å²) in [5, 5.41) is 14.4. The molecule has 5 rings (SSSR count). The van der Waals surface area contributed by atoms with Gasteiger partial charge in [-0.2, -0.15) is 0 Å². The number of rotatable bonds is 6. The van der Waals surface area contributed by atoms with E-state index in [0.29, 0.717) is 48.7 Å². The van der Waals surface area contributed by atoms with E-state index >= 15 is 0 Å². The van der Waals surface area contributed by atoms with Crippen LogP contribution >= 0.6 is 10.2 Å². The van der Waals surface area contributed by atoms with Gasteiger partial charge in [0.05, 0.1) is 24.8 Å². The topological polar surface area (TPSA) is 72.1 Å². The number of ether oxygens (including phenoxy) is 1. The van der Waals surface area contributed by atoms with Gasteiger partial charge in [0.2, 0.25) is 0 Å². The van der Waals surface area contributed by atoms with Crippen molar-refractivity contribution in [2.45, 2.75) is 44.2 Å². The molecule has 1 saturated heterocycles. The fourth-order valence-electron chi connectivity index (χ4n) is 4.73. The minimum absolute atomic E-state index is 0.271. The minimum atomic E-state index is -9.95. The molecule has 3 heterocycles. The highest BCUT2D eigenvalue weighted by Crippen LogP contribution is 3.02. The monoisotopic (exact) mass is 586 g/mol. The summed E-state index contributed by atoms with van der Waals surface area (Å²) in [5.74, 6) is 0.905. The molecular formula is C27H31F5N4O3S. The lowest BCUT2D eigenvalue weighted by Gasteiger charge is -2.42. The lowest BCUT2D eigenvalue weighted by atomic mass is 9.95. The van der Waals surface area contributed by atoms with Gasteiger partial charge in [0.25, 0.3) is 5.72 Å². The van der Waals surface area contributed by atoms with Crippen molar-refractivity contribution < 1.29 is 34.1 Å². The zero-order valence-electron chi connectivity index (χ0n) is 22.5. The molecule has 3 aromatic rings. The van der Waals surface area contributed by atoms with Crippen molar-refractivity contribution in [3.63, 3.8) is 0 Å². The molecule has 13 heteroatoms. The quantitative estimate of drug-likeness (QED) is 0.302. The second-order valence-electron chi connectivity index (χ2n) is 9.22. The molecule has 0 spiro atoms. The molecule has 2 aromatic carbocycles. The predicted molar refractivity (Wildman–Crippen MR) is 145 cm³/mol. The molecule has 7 nitrogen and oxygen atoms in total. The number of nitrogens with zero attached hydrogens (tertiary/aromatic N) is 4. The van der Waals surface area contributed by atoms with Gasteiger partial charge in [0.1, 0.15) is 17.3 Å². The van der Waals surface area contributed by atoms with Crippen molar-refractivity contribution in [2.75, 3.05) is 20.3 Å². The van der Waals surface area contributed by atoms with Crippen LogP contribution in [0.3, 0.4) is 0 Å². The van der Waals surface area contributed by atoms with Gasteiger partial charge in [-0.25, -0.2) is 4.98 Å². The average molecular weight is 587 g/mol. The molecule has 0 bridgehead atoms. The van der Waals surface area contributed by atoms with Gasteiger partial charge in [-0.15, -0.1) is 0 Å². The summed E-state index contributed by atoms with van der Waals surface area (Å²) in [5.41, 5.74) is 0.973. The van der Waals surface area contributed by atoms with E-state index in [1.54, 1.807) is 13.4 Å². The van der Waals surface area contributed by atoms with Crippen LogP contribution in [0.5, 0.6) is 5.75 Å². The number of aryl methyl sites for hydroxylation is 1. The summed E-state index contributed by atoms with van der Waals surface area (Å²) < 4.78 is 74.9. The zero-order valence-corrected chi connectivity index (χ0v) is 23.3. The van der Waals surface area contributed by atoms with E-state index in [2.05, 4.69) is 10.1 Å². The number of hydrogen-bond donors (Lipinski definition) is 1. The molecule has 0 radical (unpaired) electrons. The van der Waals surface area contributed by atoms with Crippen LogP contribution in [-0.2, 0) is 10.6 Å². The molecule has 1 atom stereocenters. The third-order valence-electron chi connectivity index (χ3n) is 6.57. The number of amidine groups is 1. The summed E-state index contributed by atoms with van der Waals surface area (Å²) in [4.78, 5) is 9.23. The average Bonchev–Trinajstić information content (AvgIpc) is 3.53. The van der Waals surface area contributed by atoms with Crippen LogP contribution in [0.2, 0.25) is 0 Å². The number of methoxy groups -OCH3 is 1. The van der Waals surface area contributed by atoms with Gasteiger partial charge in [0.15, 0.2) is 5.84 Å². The van der Waals surface area contributed by atoms with Gasteiger partial charge in [-0.3, -0.25) is 0 Å². The number of imidazole rings is 1. The highest BCUT2D eigenvalue weighted by atomic mass is 32.5. The van der Waals surface area contributed by atoms with E-state index in [0.717, 1.165) is 23.0 Å². The Kier molecular flexibility index (Phi) is 7.21. The molecular weight excluding hydrogens is 555 g/mol. The third-order valence-corrected chi connectivity index (χ3v) is 7.71. The molecule has 218 valence electrons. The summed E-state index contributed by atoms with van der Waals surface area (Å²) in [6.45, 7) is 5.36. The van der Waals surface area contributed by atoms with Gasteiger partial charge >= 0.3 is 10.2 Å². The first-order chi connectivity index (χ1) is 18.7. The standard InChI is InChI=1S/C25H25F5N4O3S.C2H6/c1-17-14-33(16-31-17)22-9-8-18(12-23(22)36-2)11-19-5-4-10-34-24(19)32-37-25(34,15-35)20-6-3-7-21(13-20)38(26,27,28,29)30;1-2/h3,6-9,11-14,16,35H,4-5,10,15H2,1-2H3;1-2H3/b19-11+;. The molecule has 1 N–H and O–H groups in total. The van der Waals surface area contributed by atoms with Crippen molar-refractivity contribution in [1.82, 2.24) is 14.5 Å². The number of hydrogen-bond acceptors (Lipinski definition) is 6. The fraction of sp³-hybridized carbons (Fsp3) is 0.333. The van der Waals surface area contributed by atoms with Crippen LogP contribution in [-0.4, -0.2) is 45.7 Å². The number of benzene rings is 2. The van der Waals surface area contributed by atoms with Crippen LogP contribution in [0.15, 0.2) is 70.6 Å². The second kappa shape index (κ2) is 9.81. The Bertz CT molecular complexity index is 1470. The first-order valence-electron chi connectivity index (χ1n) is 12.6. The van der Waals surface area contributed by atoms with Crippen LogP contribution in [0.1, 0.15) is 43.5 Å². The third kappa shape index (κ3) is 5.52. The van der Waals surface area contributed by atoms with E-state index in [1.807, 2.05) is 55.8 Å². The van der Waals surface area contributed by atoms with Crippen molar-refractivity contribution in [2.24, 2.45) is 5.16 Å². The smallest absolute Gasteiger partial charge is 0.310 e. The Morgan fingerprint density at radius 1 is 1.12 bits per heavy atom. The molecule has 40 heavy (non-hydrogen) atoms. The summed E-state index contributed by atoms with van der Waals surface area (Å²) in [6, 6.07) is 8.28. The number of aromatic nitrogens is 2. The number of oxime groups is 1. The van der Waals surface area contributed by atoms with Crippen molar-refractivity contribution >= 4 is 22.1 Å². The largest absolute Gasteiger partial charge is 0.495 e. The van der Waals surface area contributed by atoms with E-state index in [1.165, 1.54) is 11.0 Å². The maximum absolute atomic E-state index is 13.5. The second-order valence-corrected chi connectivity index (χ2v) is 11.6. The number of aliphatic hydroxyl groups is 1. The summed E-state index contributed by atoms with van der Waals surface area (Å²) in [6.07, 6.45) is 6.53. The van der Waals surface area contributed by atoms with Crippen molar-refractivity contribution in [3.05, 3.63) is 77.4 Å². The van der Waals surface area contributed by atoms with Crippen LogP contribution in [0.4, 0.5) is 19.4 Å². The number of halogens is 5. The molecule has 0 aliphatic carbocycles. The maximum atomic E-state index is 13.5. The first kappa shape index (κ1) is 29.4. The van der Waals surface area contributed by atoms with Crippen LogP contribution < -0.4 is 4.74 Å². The molecule has 1 aromatic heterocycles. The Morgan fingerprint density at radius 3 is 2.50 bits per heavy atom. The van der Waals surface area contributed by atoms with Crippen LogP contribution in [0.25, 0.3) is 11.8 Å². The SMILES string of the molecule is CC.COc1cc(/C=C2\CCCN3C2=NOC3(CO)c2cccc(S(F)(F)(F)(F)F)c2)ccc1-n1cnc(C)c1. The number of fused-ring (bicyclic) bond motifs is 1. The van der Waals surface area contributed by atoms with Crippen LogP contribution in [0, 0.1) is 6.92 Å². The predicted octanol–water partition coefficient (Wildman–Crippen LogP) is 7.54. The summed E-state index contributed by atoms with van der Waals surface area (Å²) in [7, 11) is -8.40. The highest BCUT2D eigenvalue weighted by Gasteiger charge is 2.66. The van der Waals surface area contributed by atoms with Crippen molar-refractivity contribution in [3.8, 4) is 11.4 Å². The minimum Gasteiger partial charge on any atom is -0.495 e. The van der Waals surface area contributed by atoms with Gasteiger partial charge in [0, 0.05) is 18.3 Å². The Hall–Kier alpha value is -3.58. The number of aliphatic hydroxyl groups excluding tert-OH is 1. The molecule has 1 fully saturated rings. The molecule has 0 amide bonds. The maximum Gasteiger partial charge on any atom is 0.310 e. The Morgan fingerprint density at radius 2 is 1.88 bits per heavy atom. The summed E-state index contributed by atoms with van der Waals surface area (Å²) >= 11 is 0. The Balaban J connectivity index is 0.00000181. The zero-order chi connectivity index (χ0) is 29.4. The van der Waals surface area contributed by atoms with Gasteiger partial charge in [-0.1, -0.05) is 56.6 Å². The van der Waals surface area contributed by atoms with Gasteiger partial charge in [-0.05, 0) is 61.2 Å². The molecule has 1 unspecified atom stereocenters. The number of piperidine rings is 1. The van der Waals surface area contributed by atoms with E-state index in [4.69, 9.17) is 9.57 Å². The normalized spacial score (nSPS) is 21.4. The van der Waals surface area contributed by atoms with Crippen molar-refractivity contribution in [1.29, 1.82) is 0 Å². The molecule has 0 saturated carbocycles. The van der Waals surface area contributed by atoms with E-state index < -0.39 is 27.5 Å². The van der Waals surface area contributed by atoms with Gasteiger partial charge < -0.3 is 24.1 Å². The van der Waals surface area contributed by atoms with E-state index in [9.17, 15) is 24.5 Å². The lowest BCUT2D eigenvalue weighted by Crippen LogP contribution is -2.51. The molecule has 2 aliphatic heterocycles. The Labute approximate surface area is 229 Å².